The summed E-state index contributed by atoms with van der Waals surface area (Å²) in [4.78, 5) is 24.8. The van der Waals surface area contributed by atoms with E-state index in [2.05, 4.69) is 0 Å². The van der Waals surface area contributed by atoms with Crippen LogP contribution in [0.4, 0.5) is 0 Å². The summed E-state index contributed by atoms with van der Waals surface area (Å²) < 4.78 is 0. The van der Waals surface area contributed by atoms with Gasteiger partial charge >= 0.3 is 0 Å². The molecule has 1 aromatic rings. The Morgan fingerprint density at radius 1 is 1.30 bits per heavy atom. The minimum atomic E-state index is -0.269. The largest absolute Gasteiger partial charge is 0.504 e. The van der Waals surface area contributed by atoms with E-state index in [0.29, 0.717) is 36.4 Å². The maximum Gasteiger partial charge on any atom is 0.210 e. The summed E-state index contributed by atoms with van der Waals surface area (Å²) in [5, 5.41) is 19.5. The van der Waals surface area contributed by atoms with Crippen LogP contribution in [0.5, 0.6) is 11.5 Å². The lowest BCUT2D eigenvalue weighted by molar-refractivity contribution is -0.121. The minimum Gasteiger partial charge on any atom is -0.504 e. The standard InChI is InChI=1S/C17H18ClNO4/c18-14-8-17(23)16(22)7-11(14)6-15-13-2-1-12(21)5-10(13)3-4-19(15)9-20/h2,7-10,15,22-23H,1,3-6H2. The second-order valence-corrected chi connectivity index (χ2v) is 6.54. The first-order chi connectivity index (χ1) is 11.0. The number of phenols is 2. The van der Waals surface area contributed by atoms with Crippen LogP contribution in [0.15, 0.2) is 23.8 Å². The first kappa shape index (κ1) is 15.9. The Morgan fingerprint density at radius 3 is 2.78 bits per heavy atom. The summed E-state index contributed by atoms with van der Waals surface area (Å²) in [6, 6.07) is 2.57. The Bertz CT molecular complexity index is 685. The number of likely N-dealkylation sites (tertiary alicyclic amines) is 1. The molecular weight excluding hydrogens is 318 g/mol. The lowest BCUT2D eigenvalue weighted by atomic mass is 9.76. The van der Waals surface area contributed by atoms with E-state index in [1.54, 1.807) is 4.90 Å². The molecule has 1 aliphatic carbocycles. The van der Waals surface area contributed by atoms with Crippen LogP contribution in [0.3, 0.4) is 0 Å². The molecule has 122 valence electrons. The zero-order chi connectivity index (χ0) is 16.6. The maximum atomic E-state index is 11.7. The van der Waals surface area contributed by atoms with E-state index in [1.807, 2.05) is 6.08 Å². The molecule has 2 atom stereocenters. The molecule has 0 bridgehead atoms. The number of ketones is 1. The highest BCUT2D eigenvalue weighted by atomic mass is 35.5. The summed E-state index contributed by atoms with van der Waals surface area (Å²) in [6.45, 7) is 0.602. The summed E-state index contributed by atoms with van der Waals surface area (Å²) in [6.07, 6.45) is 4.94. The van der Waals surface area contributed by atoms with Crippen LogP contribution in [0.1, 0.15) is 24.8 Å². The Kier molecular flexibility index (Phi) is 4.31. The second-order valence-electron chi connectivity index (χ2n) is 6.13. The van der Waals surface area contributed by atoms with Crippen molar-refractivity contribution in [1.29, 1.82) is 0 Å². The number of piperidine rings is 1. The average Bonchev–Trinajstić information content (AvgIpc) is 2.52. The van der Waals surface area contributed by atoms with Crippen LogP contribution < -0.4 is 0 Å². The predicted molar refractivity (Wildman–Crippen MR) is 85.5 cm³/mol. The average molecular weight is 336 g/mol. The number of carbonyl (C=O) groups excluding carboxylic acids is 2. The third-order valence-electron chi connectivity index (χ3n) is 4.72. The van der Waals surface area contributed by atoms with Crippen molar-refractivity contribution in [2.24, 2.45) is 5.92 Å². The first-order valence-corrected chi connectivity index (χ1v) is 8.00. The van der Waals surface area contributed by atoms with Gasteiger partial charge in [-0.2, -0.15) is 0 Å². The number of hydrogen-bond acceptors (Lipinski definition) is 4. The normalized spacial score (nSPS) is 24.1. The summed E-state index contributed by atoms with van der Waals surface area (Å²) in [7, 11) is 0. The van der Waals surface area contributed by atoms with Gasteiger partial charge in [0, 0.05) is 30.5 Å². The Balaban J connectivity index is 1.93. The van der Waals surface area contributed by atoms with Crippen molar-refractivity contribution in [2.75, 3.05) is 6.54 Å². The first-order valence-electron chi connectivity index (χ1n) is 7.62. The van der Waals surface area contributed by atoms with Crippen molar-refractivity contribution < 1.29 is 19.8 Å². The molecule has 5 nitrogen and oxygen atoms in total. The smallest absolute Gasteiger partial charge is 0.210 e. The van der Waals surface area contributed by atoms with Gasteiger partial charge in [-0.25, -0.2) is 0 Å². The number of amides is 1. The van der Waals surface area contributed by atoms with Crippen molar-refractivity contribution in [1.82, 2.24) is 4.90 Å². The highest BCUT2D eigenvalue weighted by Crippen LogP contribution is 2.38. The molecule has 0 radical (unpaired) electrons. The SMILES string of the molecule is O=CN1CCC2CC(=O)CC=C2C1Cc1cc(O)c(O)cc1Cl. The molecule has 2 N–H and O–H groups in total. The Hall–Kier alpha value is -2.01. The Morgan fingerprint density at radius 2 is 2.04 bits per heavy atom. The highest BCUT2D eigenvalue weighted by Gasteiger charge is 2.35. The fourth-order valence-electron chi connectivity index (χ4n) is 3.52. The molecular formula is C17H18ClNO4. The molecule has 6 heteroatoms. The van der Waals surface area contributed by atoms with Gasteiger partial charge < -0.3 is 15.1 Å². The van der Waals surface area contributed by atoms with Crippen LogP contribution in [-0.4, -0.2) is 39.9 Å². The molecule has 3 rings (SSSR count). The molecule has 1 amide bonds. The summed E-state index contributed by atoms with van der Waals surface area (Å²) in [5.41, 5.74) is 1.77. The van der Waals surface area contributed by atoms with Crippen LogP contribution in [0, 0.1) is 5.92 Å². The number of carbonyl (C=O) groups is 2. The molecule has 23 heavy (non-hydrogen) atoms. The third kappa shape index (κ3) is 3.06. The van der Waals surface area contributed by atoms with E-state index >= 15 is 0 Å². The van der Waals surface area contributed by atoms with Gasteiger partial charge in [-0.05, 0) is 36.0 Å². The minimum absolute atomic E-state index is 0.166. The van der Waals surface area contributed by atoms with Gasteiger partial charge in [0.05, 0.1) is 6.04 Å². The Labute approximate surface area is 139 Å². The maximum absolute atomic E-state index is 11.7. The number of halogens is 1. The van der Waals surface area contributed by atoms with Crippen LogP contribution in [-0.2, 0) is 16.0 Å². The lowest BCUT2D eigenvalue weighted by Crippen LogP contribution is -2.46. The molecule has 0 spiro atoms. The quantitative estimate of drug-likeness (QED) is 0.505. The van der Waals surface area contributed by atoms with Gasteiger partial charge in [0.25, 0.3) is 0 Å². The molecule has 1 fully saturated rings. The second kappa shape index (κ2) is 6.24. The topological polar surface area (TPSA) is 77.8 Å². The van der Waals surface area contributed by atoms with E-state index in [9.17, 15) is 19.8 Å². The zero-order valence-corrected chi connectivity index (χ0v) is 13.3. The van der Waals surface area contributed by atoms with Crippen molar-refractivity contribution in [2.45, 2.75) is 31.7 Å². The number of fused-ring (bicyclic) bond motifs is 1. The molecule has 1 aliphatic heterocycles. The molecule has 2 unspecified atom stereocenters. The van der Waals surface area contributed by atoms with Crippen LogP contribution in [0.2, 0.25) is 5.02 Å². The van der Waals surface area contributed by atoms with Crippen molar-refractivity contribution in [3.05, 3.63) is 34.4 Å². The van der Waals surface area contributed by atoms with Crippen molar-refractivity contribution >= 4 is 23.8 Å². The van der Waals surface area contributed by atoms with Gasteiger partial charge in [-0.1, -0.05) is 17.7 Å². The van der Waals surface area contributed by atoms with Gasteiger partial charge in [0.1, 0.15) is 5.78 Å². The molecule has 1 aromatic carbocycles. The fraction of sp³-hybridized carbons (Fsp3) is 0.412. The van der Waals surface area contributed by atoms with Crippen LogP contribution >= 0.6 is 11.6 Å². The molecule has 1 heterocycles. The number of hydrogen-bond donors (Lipinski definition) is 2. The third-order valence-corrected chi connectivity index (χ3v) is 5.08. The van der Waals surface area contributed by atoms with E-state index in [1.165, 1.54) is 12.1 Å². The van der Waals surface area contributed by atoms with Crippen molar-refractivity contribution in [3.8, 4) is 11.5 Å². The summed E-state index contributed by atoms with van der Waals surface area (Å²) >= 11 is 6.16. The predicted octanol–water partition coefficient (Wildman–Crippen LogP) is 2.43. The highest BCUT2D eigenvalue weighted by molar-refractivity contribution is 6.31. The zero-order valence-electron chi connectivity index (χ0n) is 12.5. The molecule has 0 aromatic heterocycles. The van der Waals surface area contributed by atoms with E-state index in [0.717, 1.165) is 18.4 Å². The summed E-state index contributed by atoms with van der Waals surface area (Å²) in [5.74, 6) is -0.0866. The van der Waals surface area contributed by atoms with E-state index in [4.69, 9.17) is 11.6 Å². The molecule has 0 saturated carbocycles. The lowest BCUT2D eigenvalue weighted by Gasteiger charge is -2.41. The number of Topliss-reactive ketones (excluding diaryl/α,β-unsaturated/α-hetero) is 1. The number of aromatic hydroxyl groups is 2. The monoisotopic (exact) mass is 335 g/mol. The number of allylic oxidation sites excluding steroid dienone is 1. The molecule has 1 saturated heterocycles. The molecule has 2 aliphatic rings. The number of benzene rings is 1. The number of rotatable bonds is 3. The van der Waals surface area contributed by atoms with E-state index < -0.39 is 0 Å². The number of nitrogens with zero attached hydrogens (tertiary/aromatic N) is 1. The van der Waals surface area contributed by atoms with Gasteiger partial charge in [0.2, 0.25) is 6.41 Å². The van der Waals surface area contributed by atoms with E-state index in [-0.39, 0.29) is 29.2 Å². The number of phenolic OH excluding ortho intramolecular Hbond substituents is 2. The van der Waals surface area contributed by atoms with Gasteiger partial charge in [-0.15, -0.1) is 0 Å². The van der Waals surface area contributed by atoms with Gasteiger partial charge in [0.15, 0.2) is 11.5 Å². The van der Waals surface area contributed by atoms with Crippen LogP contribution in [0.25, 0.3) is 0 Å². The van der Waals surface area contributed by atoms with Crippen molar-refractivity contribution in [3.63, 3.8) is 0 Å². The fourth-order valence-corrected chi connectivity index (χ4v) is 3.76. The van der Waals surface area contributed by atoms with Gasteiger partial charge in [-0.3, -0.25) is 9.59 Å².